The highest BCUT2D eigenvalue weighted by molar-refractivity contribution is 6.28. The maximum Gasteiger partial charge on any atom is 0.416 e. The summed E-state index contributed by atoms with van der Waals surface area (Å²) >= 11 is 6.09. The molecule has 1 aromatic carbocycles. The number of benzene rings is 1. The lowest BCUT2D eigenvalue weighted by Crippen LogP contribution is -2.18. The standard InChI is InChI=1S/C22H23ClF3N7O/c1-12(2)32-11-28-17-18(29-20(23)30-19(17)32)27-10-13-14(22(24,25)26)6-5-7-15(13)33-9-8-16(31-33)21(3,4)34/h5-9,11-12,34H,10H2,1-4H3,(H,27,29,30). The highest BCUT2D eigenvalue weighted by atomic mass is 35.5. The maximum atomic E-state index is 13.9. The van der Waals surface area contributed by atoms with E-state index in [1.54, 1.807) is 30.8 Å². The van der Waals surface area contributed by atoms with E-state index >= 15 is 0 Å². The van der Waals surface area contributed by atoms with E-state index in [-0.39, 0.29) is 34.9 Å². The quantitative estimate of drug-likeness (QED) is 0.363. The average Bonchev–Trinajstić information content (AvgIpc) is 3.38. The zero-order chi connectivity index (χ0) is 24.8. The molecule has 0 bridgehead atoms. The van der Waals surface area contributed by atoms with Crippen molar-refractivity contribution in [1.82, 2.24) is 29.3 Å². The SMILES string of the molecule is CC(C)n1cnc2c(NCc3c(-n4ccc(C(C)(C)O)n4)cccc3C(F)(F)F)nc(Cl)nc21. The second-order valence-electron chi connectivity index (χ2n) is 8.62. The number of hydrogen-bond donors (Lipinski definition) is 2. The lowest BCUT2D eigenvalue weighted by Gasteiger charge is -2.18. The Balaban J connectivity index is 1.78. The Morgan fingerprint density at radius 2 is 1.88 bits per heavy atom. The van der Waals surface area contributed by atoms with Gasteiger partial charge in [-0.15, -0.1) is 0 Å². The van der Waals surface area contributed by atoms with E-state index in [9.17, 15) is 18.3 Å². The van der Waals surface area contributed by atoms with Gasteiger partial charge in [0.1, 0.15) is 5.60 Å². The van der Waals surface area contributed by atoms with Crippen molar-refractivity contribution in [3.63, 3.8) is 0 Å². The summed E-state index contributed by atoms with van der Waals surface area (Å²) in [4.78, 5) is 12.7. The first-order valence-electron chi connectivity index (χ1n) is 10.5. The topological polar surface area (TPSA) is 93.7 Å². The smallest absolute Gasteiger partial charge is 0.384 e. The summed E-state index contributed by atoms with van der Waals surface area (Å²) in [7, 11) is 0. The zero-order valence-electron chi connectivity index (χ0n) is 18.9. The Kier molecular flexibility index (Phi) is 6.03. The molecule has 180 valence electrons. The van der Waals surface area contributed by atoms with Crippen molar-refractivity contribution in [3.8, 4) is 5.69 Å². The van der Waals surface area contributed by atoms with Gasteiger partial charge in [-0.2, -0.15) is 28.2 Å². The molecule has 0 saturated heterocycles. The van der Waals surface area contributed by atoms with Crippen molar-refractivity contribution in [2.45, 2.75) is 52.1 Å². The van der Waals surface area contributed by atoms with Crippen LogP contribution < -0.4 is 5.32 Å². The van der Waals surface area contributed by atoms with E-state index in [4.69, 9.17) is 11.6 Å². The molecule has 0 spiro atoms. The van der Waals surface area contributed by atoms with E-state index in [0.29, 0.717) is 16.9 Å². The average molecular weight is 494 g/mol. The summed E-state index contributed by atoms with van der Waals surface area (Å²) in [6.07, 6.45) is -1.50. The number of rotatable bonds is 6. The molecule has 0 unspecified atom stereocenters. The van der Waals surface area contributed by atoms with Crippen LogP contribution in [0.3, 0.4) is 0 Å². The van der Waals surface area contributed by atoms with Gasteiger partial charge in [-0.25, -0.2) is 9.67 Å². The molecule has 0 amide bonds. The van der Waals surface area contributed by atoms with Crippen LogP contribution in [0.5, 0.6) is 0 Å². The molecule has 12 heteroatoms. The van der Waals surface area contributed by atoms with Crippen molar-refractivity contribution in [1.29, 1.82) is 0 Å². The number of hydrogen-bond acceptors (Lipinski definition) is 6. The third kappa shape index (κ3) is 4.58. The summed E-state index contributed by atoms with van der Waals surface area (Å²) < 4.78 is 44.9. The van der Waals surface area contributed by atoms with Crippen molar-refractivity contribution >= 4 is 28.6 Å². The first-order valence-corrected chi connectivity index (χ1v) is 10.9. The molecule has 0 atom stereocenters. The fourth-order valence-corrected chi connectivity index (χ4v) is 3.75. The molecule has 0 aliphatic rings. The van der Waals surface area contributed by atoms with Crippen LogP contribution >= 0.6 is 11.6 Å². The lowest BCUT2D eigenvalue weighted by molar-refractivity contribution is -0.138. The van der Waals surface area contributed by atoms with Crippen LogP contribution in [-0.2, 0) is 18.3 Å². The highest BCUT2D eigenvalue weighted by Gasteiger charge is 2.35. The van der Waals surface area contributed by atoms with Gasteiger partial charge in [0.25, 0.3) is 0 Å². The third-order valence-electron chi connectivity index (χ3n) is 5.30. The number of alkyl halides is 3. The van der Waals surface area contributed by atoms with Gasteiger partial charge in [-0.3, -0.25) is 0 Å². The first kappa shape index (κ1) is 24.0. The molecule has 8 nitrogen and oxygen atoms in total. The first-order chi connectivity index (χ1) is 15.9. The van der Waals surface area contributed by atoms with Crippen LogP contribution in [0.1, 0.15) is 50.6 Å². The Hall–Kier alpha value is -3.18. The molecule has 4 rings (SSSR count). The normalized spacial score (nSPS) is 12.6. The fourth-order valence-electron chi connectivity index (χ4n) is 3.59. The van der Waals surface area contributed by atoms with Gasteiger partial charge in [0.05, 0.1) is 23.3 Å². The Morgan fingerprint density at radius 3 is 2.50 bits per heavy atom. The molecule has 3 heterocycles. The molecule has 0 saturated carbocycles. The maximum absolute atomic E-state index is 13.9. The number of anilines is 1. The van der Waals surface area contributed by atoms with E-state index in [1.807, 2.05) is 13.8 Å². The molecular formula is C22H23ClF3N7O. The minimum absolute atomic E-state index is 0.0474. The molecule has 0 aliphatic heterocycles. The van der Waals surface area contributed by atoms with Gasteiger partial charge >= 0.3 is 6.18 Å². The minimum atomic E-state index is -4.60. The van der Waals surface area contributed by atoms with E-state index in [1.165, 1.54) is 23.0 Å². The molecule has 0 radical (unpaired) electrons. The molecular weight excluding hydrogens is 471 g/mol. The number of nitrogens with one attached hydrogen (secondary N) is 1. The lowest BCUT2D eigenvalue weighted by atomic mass is 10.0. The van der Waals surface area contributed by atoms with Crippen LogP contribution in [0.4, 0.5) is 19.0 Å². The molecule has 3 aromatic heterocycles. The summed E-state index contributed by atoms with van der Waals surface area (Å²) in [5.74, 6) is 0.218. The number of imidazole rings is 1. The van der Waals surface area contributed by atoms with E-state index in [2.05, 4.69) is 25.4 Å². The molecule has 0 fully saturated rings. The fraction of sp³-hybridized carbons (Fsp3) is 0.364. The van der Waals surface area contributed by atoms with Crippen molar-refractivity contribution in [2.75, 3.05) is 5.32 Å². The van der Waals surface area contributed by atoms with E-state index in [0.717, 1.165) is 6.07 Å². The van der Waals surface area contributed by atoms with Crippen LogP contribution in [0.25, 0.3) is 16.9 Å². The summed E-state index contributed by atoms with van der Waals surface area (Å²) in [6.45, 7) is 6.76. The van der Waals surface area contributed by atoms with Crippen LogP contribution in [0.2, 0.25) is 5.28 Å². The van der Waals surface area contributed by atoms with Gasteiger partial charge in [0, 0.05) is 24.3 Å². The predicted molar refractivity (Wildman–Crippen MR) is 122 cm³/mol. The number of aliphatic hydroxyl groups is 1. The van der Waals surface area contributed by atoms with Gasteiger partial charge in [-0.05, 0) is 57.5 Å². The van der Waals surface area contributed by atoms with Gasteiger partial charge in [-0.1, -0.05) is 6.07 Å². The third-order valence-corrected chi connectivity index (χ3v) is 5.47. The predicted octanol–water partition coefficient (Wildman–Crippen LogP) is 5.10. The second-order valence-corrected chi connectivity index (χ2v) is 8.96. The molecule has 2 N–H and O–H groups in total. The molecule has 4 aromatic rings. The zero-order valence-corrected chi connectivity index (χ0v) is 19.6. The van der Waals surface area contributed by atoms with Crippen LogP contribution in [-0.4, -0.2) is 34.4 Å². The van der Waals surface area contributed by atoms with E-state index < -0.39 is 17.3 Å². The Morgan fingerprint density at radius 1 is 1.15 bits per heavy atom. The molecule has 0 aliphatic carbocycles. The van der Waals surface area contributed by atoms with Gasteiger partial charge < -0.3 is 15.0 Å². The van der Waals surface area contributed by atoms with Crippen LogP contribution in [0.15, 0.2) is 36.8 Å². The van der Waals surface area contributed by atoms with Crippen molar-refractivity contribution in [2.24, 2.45) is 0 Å². The largest absolute Gasteiger partial charge is 0.416 e. The Bertz CT molecular complexity index is 1340. The monoisotopic (exact) mass is 493 g/mol. The van der Waals surface area contributed by atoms with Crippen LogP contribution in [0, 0.1) is 0 Å². The van der Waals surface area contributed by atoms with Gasteiger partial charge in [0.2, 0.25) is 5.28 Å². The van der Waals surface area contributed by atoms with Crippen molar-refractivity contribution < 1.29 is 18.3 Å². The number of fused-ring (bicyclic) bond motifs is 1. The number of aromatic nitrogens is 6. The number of halogens is 4. The summed E-state index contributed by atoms with van der Waals surface area (Å²) in [6, 6.07) is 5.47. The van der Waals surface area contributed by atoms with Gasteiger partial charge in [0.15, 0.2) is 17.0 Å². The summed E-state index contributed by atoms with van der Waals surface area (Å²) in [5.41, 5.74) is -0.705. The minimum Gasteiger partial charge on any atom is -0.384 e. The summed E-state index contributed by atoms with van der Waals surface area (Å²) in [5, 5.41) is 17.4. The second kappa shape index (κ2) is 8.55. The number of nitrogens with zero attached hydrogens (tertiary/aromatic N) is 6. The van der Waals surface area contributed by atoms with Crippen molar-refractivity contribution in [3.05, 3.63) is 58.9 Å². The Labute approximate surface area is 198 Å². The molecule has 34 heavy (non-hydrogen) atoms. The highest BCUT2D eigenvalue weighted by Crippen LogP contribution is 2.35.